The van der Waals surface area contributed by atoms with E-state index in [2.05, 4.69) is 4.74 Å². The molecule has 2 aromatic carbocycles. The summed E-state index contributed by atoms with van der Waals surface area (Å²) in [5.41, 5.74) is -0.951. The Morgan fingerprint density at radius 2 is 1.84 bits per heavy atom. The second-order valence-corrected chi connectivity index (χ2v) is 7.29. The summed E-state index contributed by atoms with van der Waals surface area (Å²) in [5.74, 6) is -1.92. The van der Waals surface area contributed by atoms with E-state index < -0.39 is 27.5 Å². The molecule has 0 aliphatic carbocycles. The summed E-state index contributed by atoms with van der Waals surface area (Å²) in [7, 11) is 2.71. The number of hydrogen-bond acceptors (Lipinski definition) is 4. The van der Waals surface area contributed by atoms with E-state index in [-0.39, 0.29) is 26.3 Å². The maximum absolute atomic E-state index is 14.4. The average molecular weight is 378 g/mol. The van der Waals surface area contributed by atoms with Crippen LogP contribution >= 0.6 is 11.6 Å². The van der Waals surface area contributed by atoms with Crippen LogP contribution in [0.25, 0.3) is 10.9 Å². The summed E-state index contributed by atoms with van der Waals surface area (Å²) < 4.78 is 45.8. The van der Waals surface area contributed by atoms with E-state index in [9.17, 15) is 17.6 Å². The molecule has 3 aromatic rings. The van der Waals surface area contributed by atoms with Gasteiger partial charge in [0.2, 0.25) is 0 Å². The Labute approximate surface area is 149 Å². The number of hydrogen-bond donors (Lipinski definition) is 0. The molecule has 0 fully saturated rings. The molecule has 0 amide bonds. The van der Waals surface area contributed by atoms with Gasteiger partial charge < -0.3 is 4.74 Å². The SMILES string of the molecule is [B]c1c(C(=O)OC)n(S(=O)(=O)c2ccccc2)c2ccc(Cl)c(F)c12. The number of fused-ring (bicyclic) bond motifs is 1. The molecule has 0 bridgehead atoms. The van der Waals surface area contributed by atoms with Gasteiger partial charge in [0, 0.05) is 5.39 Å². The van der Waals surface area contributed by atoms with Crippen LogP contribution in [-0.2, 0) is 14.8 Å². The molecule has 0 saturated heterocycles. The predicted octanol–water partition coefficient (Wildman–Crippen LogP) is 2.25. The second kappa shape index (κ2) is 6.20. The van der Waals surface area contributed by atoms with Crippen LogP contribution in [0.1, 0.15) is 10.5 Å². The standard InChI is InChI=1S/C16H10BClFNO4S/c1-24-16(21)15-13(17)12-11(8-7-10(18)14(12)19)20(15)25(22,23)9-5-3-2-4-6-9/h2-8H,1H3. The van der Waals surface area contributed by atoms with E-state index >= 15 is 0 Å². The topological polar surface area (TPSA) is 65.4 Å². The minimum absolute atomic E-state index is 0.0904. The highest BCUT2D eigenvalue weighted by molar-refractivity contribution is 7.90. The van der Waals surface area contributed by atoms with E-state index in [0.29, 0.717) is 3.97 Å². The molecule has 9 heteroatoms. The Morgan fingerprint density at radius 1 is 1.20 bits per heavy atom. The van der Waals surface area contributed by atoms with Crippen LogP contribution in [0.5, 0.6) is 0 Å². The molecule has 0 aliphatic rings. The molecule has 0 aliphatic heterocycles. The average Bonchev–Trinajstić information content (AvgIpc) is 2.92. The largest absolute Gasteiger partial charge is 0.464 e. The fourth-order valence-electron chi connectivity index (χ4n) is 2.55. The Bertz CT molecular complexity index is 1100. The molecule has 126 valence electrons. The van der Waals surface area contributed by atoms with Crippen LogP contribution in [0.3, 0.4) is 0 Å². The fraction of sp³-hybridized carbons (Fsp3) is 0.0625. The minimum atomic E-state index is -4.23. The highest BCUT2D eigenvalue weighted by atomic mass is 35.5. The van der Waals surface area contributed by atoms with Gasteiger partial charge in [-0.3, -0.25) is 0 Å². The van der Waals surface area contributed by atoms with Crippen molar-refractivity contribution in [3.63, 3.8) is 0 Å². The number of halogens is 2. The maximum Gasteiger partial charge on any atom is 0.355 e. The first-order valence-corrected chi connectivity index (χ1v) is 8.79. The lowest BCUT2D eigenvalue weighted by molar-refractivity contribution is 0.0595. The van der Waals surface area contributed by atoms with Crippen molar-refractivity contribution < 1.29 is 22.3 Å². The third kappa shape index (κ3) is 2.62. The Morgan fingerprint density at radius 3 is 2.44 bits per heavy atom. The Kier molecular flexibility index (Phi) is 4.34. The zero-order valence-electron chi connectivity index (χ0n) is 12.9. The lowest BCUT2D eigenvalue weighted by Gasteiger charge is -2.11. The van der Waals surface area contributed by atoms with Gasteiger partial charge in [0.05, 0.1) is 22.5 Å². The van der Waals surface area contributed by atoms with Gasteiger partial charge in [0.15, 0.2) is 5.82 Å². The molecule has 3 rings (SSSR count). The van der Waals surface area contributed by atoms with Gasteiger partial charge in [-0.05, 0) is 24.3 Å². The molecular formula is C16H10BClFNO4S. The monoisotopic (exact) mass is 377 g/mol. The third-order valence-corrected chi connectivity index (χ3v) is 5.70. The molecule has 1 heterocycles. The van der Waals surface area contributed by atoms with Crippen LogP contribution in [0.2, 0.25) is 5.02 Å². The first-order chi connectivity index (χ1) is 11.8. The lowest BCUT2D eigenvalue weighted by atomic mass is 9.92. The molecule has 0 atom stereocenters. The van der Waals surface area contributed by atoms with Crippen LogP contribution in [0.4, 0.5) is 4.39 Å². The first-order valence-electron chi connectivity index (χ1n) is 6.97. The molecule has 5 nitrogen and oxygen atoms in total. The zero-order valence-corrected chi connectivity index (χ0v) is 14.4. The second-order valence-electron chi connectivity index (χ2n) is 5.09. The van der Waals surface area contributed by atoms with E-state index in [4.69, 9.17) is 19.4 Å². The van der Waals surface area contributed by atoms with Crippen molar-refractivity contribution in [1.82, 2.24) is 3.97 Å². The highest BCUT2D eigenvalue weighted by Crippen LogP contribution is 2.29. The quantitative estimate of drug-likeness (QED) is 0.519. The van der Waals surface area contributed by atoms with Crippen LogP contribution < -0.4 is 5.46 Å². The van der Waals surface area contributed by atoms with Crippen molar-refractivity contribution in [2.24, 2.45) is 0 Å². The van der Waals surface area contributed by atoms with Crippen LogP contribution in [0, 0.1) is 5.82 Å². The van der Waals surface area contributed by atoms with Crippen molar-refractivity contribution in [3.05, 3.63) is 59.0 Å². The minimum Gasteiger partial charge on any atom is -0.464 e. The number of carbonyl (C=O) groups excluding carboxylic acids is 1. The number of carbonyl (C=O) groups is 1. The number of esters is 1. The maximum atomic E-state index is 14.4. The van der Waals surface area contributed by atoms with Crippen molar-refractivity contribution in [3.8, 4) is 0 Å². The van der Waals surface area contributed by atoms with Crippen molar-refractivity contribution in [2.45, 2.75) is 4.90 Å². The van der Waals surface area contributed by atoms with E-state index in [1.807, 2.05) is 0 Å². The van der Waals surface area contributed by atoms with Gasteiger partial charge in [-0.2, -0.15) is 0 Å². The number of ether oxygens (including phenoxy) is 1. The lowest BCUT2D eigenvalue weighted by Crippen LogP contribution is -2.24. The normalized spacial score (nSPS) is 11.6. The number of methoxy groups -OCH3 is 1. The van der Waals surface area contributed by atoms with E-state index in [1.165, 1.54) is 36.4 Å². The van der Waals surface area contributed by atoms with E-state index in [1.54, 1.807) is 6.07 Å². The molecule has 0 spiro atoms. The van der Waals surface area contributed by atoms with Crippen molar-refractivity contribution >= 4 is 51.8 Å². The van der Waals surface area contributed by atoms with Gasteiger partial charge in [-0.15, -0.1) is 0 Å². The van der Waals surface area contributed by atoms with Crippen LogP contribution in [0.15, 0.2) is 47.4 Å². The summed E-state index contributed by atoms with van der Waals surface area (Å²) in [4.78, 5) is 12.1. The molecule has 0 N–H and O–H groups in total. The number of aromatic nitrogens is 1. The Balaban J connectivity index is 2.50. The smallest absolute Gasteiger partial charge is 0.355 e. The number of nitrogens with zero attached hydrogens (tertiary/aromatic N) is 1. The highest BCUT2D eigenvalue weighted by Gasteiger charge is 2.30. The van der Waals surface area contributed by atoms with E-state index in [0.717, 1.165) is 7.11 Å². The van der Waals surface area contributed by atoms with Gasteiger partial charge in [-0.25, -0.2) is 21.6 Å². The van der Waals surface area contributed by atoms with Gasteiger partial charge in [-0.1, -0.05) is 35.3 Å². The number of benzene rings is 2. The molecule has 25 heavy (non-hydrogen) atoms. The predicted molar refractivity (Wildman–Crippen MR) is 92.7 cm³/mol. The van der Waals surface area contributed by atoms with Gasteiger partial charge in [0.1, 0.15) is 13.5 Å². The van der Waals surface area contributed by atoms with Gasteiger partial charge in [0.25, 0.3) is 10.0 Å². The van der Waals surface area contributed by atoms with Crippen molar-refractivity contribution in [1.29, 1.82) is 0 Å². The Hall–Kier alpha value is -2.32. The summed E-state index contributed by atoms with van der Waals surface area (Å²) in [6, 6.07) is 9.87. The third-order valence-electron chi connectivity index (χ3n) is 3.68. The van der Waals surface area contributed by atoms with Crippen molar-refractivity contribution in [2.75, 3.05) is 7.11 Å². The fourth-order valence-corrected chi connectivity index (χ4v) is 4.24. The molecule has 0 unspecified atom stereocenters. The summed E-state index contributed by atoms with van der Waals surface area (Å²) in [6.07, 6.45) is 0. The first kappa shape index (κ1) is 17.5. The summed E-state index contributed by atoms with van der Waals surface area (Å²) in [6.45, 7) is 0. The van der Waals surface area contributed by atoms with Crippen LogP contribution in [-0.4, -0.2) is 33.3 Å². The molecular weight excluding hydrogens is 368 g/mol. The number of rotatable bonds is 3. The van der Waals surface area contributed by atoms with Gasteiger partial charge >= 0.3 is 5.97 Å². The zero-order chi connectivity index (χ0) is 18.4. The molecule has 1 aromatic heterocycles. The summed E-state index contributed by atoms with van der Waals surface area (Å²) in [5, 5.41) is -0.503. The molecule has 0 saturated carbocycles. The molecule has 2 radical (unpaired) electrons. The summed E-state index contributed by atoms with van der Waals surface area (Å²) >= 11 is 5.76.